The highest BCUT2D eigenvalue weighted by molar-refractivity contribution is 5.28. The Morgan fingerprint density at radius 1 is 1.12 bits per heavy atom. The molecule has 1 unspecified atom stereocenters. The van der Waals surface area contributed by atoms with Crippen molar-refractivity contribution < 1.29 is 14.6 Å². The molecule has 0 bridgehead atoms. The van der Waals surface area contributed by atoms with Crippen LogP contribution >= 0.6 is 0 Å². The van der Waals surface area contributed by atoms with Crippen LogP contribution in [0.5, 0.6) is 0 Å². The Labute approximate surface area is 193 Å². The van der Waals surface area contributed by atoms with Gasteiger partial charge in [-0.3, -0.25) is 9.80 Å². The molecule has 0 aliphatic carbocycles. The van der Waals surface area contributed by atoms with Crippen LogP contribution in [-0.4, -0.2) is 85.2 Å². The zero-order valence-corrected chi connectivity index (χ0v) is 20.3. The highest BCUT2D eigenvalue weighted by Gasteiger charge is 2.19. The molecule has 0 saturated carbocycles. The van der Waals surface area contributed by atoms with Crippen LogP contribution in [-0.2, 0) is 28.0 Å². The minimum Gasteiger partial charge on any atom is -0.390 e. The largest absolute Gasteiger partial charge is 0.390 e. The van der Waals surface area contributed by atoms with Gasteiger partial charge in [0, 0.05) is 64.8 Å². The molecule has 1 fully saturated rings. The van der Waals surface area contributed by atoms with Crippen molar-refractivity contribution >= 4 is 0 Å². The SMILES string of the molecule is COCCN(Cc1cccn1Cc1ccc(C(C)(C)C)cc1)CC(O)CN1CCOCC1. The van der Waals surface area contributed by atoms with E-state index in [1.165, 1.54) is 16.8 Å². The number of morpholine rings is 1. The van der Waals surface area contributed by atoms with Gasteiger partial charge >= 0.3 is 0 Å². The zero-order valence-electron chi connectivity index (χ0n) is 20.3. The third-order valence-electron chi connectivity index (χ3n) is 6.14. The predicted molar refractivity (Wildman–Crippen MR) is 129 cm³/mol. The summed E-state index contributed by atoms with van der Waals surface area (Å²) in [5, 5.41) is 10.7. The first-order valence-electron chi connectivity index (χ1n) is 11.8. The Bertz CT molecular complexity index is 791. The normalized spacial score (nSPS) is 16.6. The van der Waals surface area contributed by atoms with Crippen molar-refractivity contribution in [3.8, 4) is 0 Å². The number of rotatable bonds is 11. The molecule has 2 aromatic rings. The quantitative estimate of drug-likeness (QED) is 0.579. The number of aromatic nitrogens is 1. The number of β-amino-alcohol motifs (C(OH)–C–C–N with tert-alkyl or cyclic N) is 1. The van der Waals surface area contributed by atoms with E-state index in [0.29, 0.717) is 19.7 Å². The second-order valence-electron chi connectivity index (χ2n) is 9.87. The summed E-state index contributed by atoms with van der Waals surface area (Å²) in [6.07, 6.45) is 1.75. The van der Waals surface area contributed by atoms with Crippen molar-refractivity contribution in [2.75, 3.05) is 59.7 Å². The van der Waals surface area contributed by atoms with Crippen LogP contribution in [0.4, 0.5) is 0 Å². The number of aliphatic hydroxyl groups excluding tert-OH is 1. The first-order chi connectivity index (χ1) is 15.3. The van der Waals surface area contributed by atoms with Crippen molar-refractivity contribution in [2.45, 2.75) is 45.4 Å². The molecule has 1 aromatic heterocycles. The van der Waals surface area contributed by atoms with Crippen molar-refractivity contribution in [1.29, 1.82) is 0 Å². The Morgan fingerprint density at radius 3 is 2.50 bits per heavy atom. The molecule has 1 aliphatic rings. The topological polar surface area (TPSA) is 50.1 Å². The van der Waals surface area contributed by atoms with E-state index in [4.69, 9.17) is 9.47 Å². The van der Waals surface area contributed by atoms with Crippen LogP contribution in [0.1, 0.15) is 37.6 Å². The summed E-state index contributed by atoms with van der Waals surface area (Å²) in [6.45, 7) is 14.4. The standard InChI is InChI=1S/C26H41N3O3/c1-26(2,3)23-9-7-22(8-10-23)18-29-11-5-6-24(29)19-28(12-15-31-4)21-25(30)20-27-13-16-32-17-14-27/h5-11,25,30H,12-21H2,1-4H3. The molecule has 6 nitrogen and oxygen atoms in total. The summed E-state index contributed by atoms with van der Waals surface area (Å²) in [5.41, 5.74) is 4.07. The van der Waals surface area contributed by atoms with Gasteiger partial charge in [-0.25, -0.2) is 0 Å². The fourth-order valence-electron chi connectivity index (χ4n) is 4.18. The molecule has 1 aliphatic heterocycles. The van der Waals surface area contributed by atoms with Crippen LogP contribution in [0.2, 0.25) is 0 Å². The number of hydrogen-bond acceptors (Lipinski definition) is 5. The van der Waals surface area contributed by atoms with Gasteiger partial charge in [-0.05, 0) is 28.7 Å². The van der Waals surface area contributed by atoms with E-state index < -0.39 is 6.10 Å². The number of hydrogen-bond donors (Lipinski definition) is 1. The van der Waals surface area contributed by atoms with Gasteiger partial charge in [-0.2, -0.15) is 0 Å². The average Bonchev–Trinajstić information content (AvgIpc) is 3.19. The summed E-state index contributed by atoms with van der Waals surface area (Å²) in [6, 6.07) is 13.2. The molecule has 178 valence electrons. The molecular weight excluding hydrogens is 402 g/mol. The van der Waals surface area contributed by atoms with Gasteiger partial charge in [-0.15, -0.1) is 0 Å². The number of ether oxygens (including phenoxy) is 2. The van der Waals surface area contributed by atoms with Crippen molar-refractivity contribution in [3.63, 3.8) is 0 Å². The van der Waals surface area contributed by atoms with Crippen LogP contribution in [0.15, 0.2) is 42.6 Å². The molecule has 0 amide bonds. The third kappa shape index (κ3) is 7.71. The van der Waals surface area contributed by atoms with Gasteiger partial charge in [0.2, 0.25) is 0 Å². The lowest BCUT2D eigenvalue weighted by Gasteiger charge is -2.31. The van der Waals surface area contributed by atoms with E-state index in [2.05, 4.69) is 77.7 Å². The smallest absolute Gasteiger partial charge is 0.0793 e. The van der Waals surface area contributed by atoms with Crippen molar-refractivity contribution in [2.24, 2.45) is 0 Å². The molecule has 0 radical (unpaired) electrons. The van der Waals surface area contributed by atoms with Crippen LogP contribution in [0.25, 0.3) is 0 Å². The molecule has 1 N–H and O–H groups in total. The molecule has 1 atom stereocenters. The summed E-state index contributed by atoms with van der Waals surface area (Å²) in [7, 11) is 1.73. The Hall–Kier alpha value is -1.70. The molecule has 0 spiro atoms. The number of benzene rings is 1. The van der Waals surface area contributed by atoms with Gasteiger partial charge in [0.05, 0.1) is 25.9 Å². The molecule has 6 heteroatoms. The summed E-state index contributed by atoms with van der Waals surface area (Å²) < 4.78 is 13.1. The lowest BCUT2D eigenvalue weighted by Crippen LogP contribution is -2.45. The van der Waals surface area contributed by atoms with E-state index >= 15 is 0 Å². The molecule has 32 heavy (non-hydrogen) atoms. The van der Waals surface area contributed by atoms with Gasteiger partial charge in [0.25, 0.3) is 0 Å². The zero-order chi connectivity index (χ0) is 23.0. The summed E-state index contributed by atoms with van der Waals surface area (Å²) in [5.74, 6) is 0. The van der Waals surface area contributed by atoms with Crippen molar-refractivity contribution in [1.82, 2.24) is 14.4 Å². The van der Waals surface area contributed by atoms with Gasteiger partial charge in [0.1, 0.15) is 0 Å². The van der Waals surface area contributed by atoms with Crippen LogP contribution in [0, 0.1) is 0 Å². The van der Waals surface area contributed by atoms with Gasteiger partial charge in [-0.1, -0.05) is 45.0 Å². The minimum atomic E-state index is -0.390. The van der Waals surface area contributed by atoms with E-state index in [1.54, 1.807) is 7.11 Å². The van der Waals surface area contributed by atoms with Gasteiger partial charge in [0.15, 0.2) is 0 Å². The van der Waals surface area contributed by atoms with E-state index in [0.717, 1.165) is 45.9 Å². The monoisotopic (exact) mass is 443 g/mol. The first-order valence-corrected chi connectivity index (χ1v) is 11.8. The molecular formula is C26H41N3O3. The molecule has 1 aromatic carbocycles. The van der Waals surface area contributed by atoms with Gasteiger partial charge < -0.3 is 19.1 Å². The minimum absolute atomic E-state index is 0.168. The van der Waals surface area contributed by atoms with E-state index in [1.807, 2.05) is 0 Å². The number of nitrogens with zero attached hydrogens (tertiary/aromatic N) is 3. The second-order valence-corrected chi connectivity index (χ2v) is 9.87. The van der Waals surface area contributed by atoms with E-state index in [-0.39, 0.29) is 5.41 Å². The Morgan fingerprint density at radius 2 is 1.84 bits per heavy atom. The fraction of sp³-hybridized carbons (Fsp3) is 0.615. The highest BCUT2D eigenvalue weighted by Crippen LogP contribution is 2.22. The Kier molecular flexibility index (Phi) is 9.32. The second kappa shape index (κ2) is 12.0. The van der Waals surface area contributed by atoms with Crippen molar-refractivity contribution in [3.05, 3.63) is 59.4 Å². The maximum Gasteiger partial charge on any atom is 0.0793 e. The highest BCUT2D eigenvalue weighted by atomic mass is 16.5. The lowest BCUT2D eigenvalue weighted by atomic mass is 9.87. The third-order valence-corrected chi connectivity index (χ3v) is 6.14. The molecule has 3 rings (SSSR count). The van der Waals surface area contributed by atoms with E-state index in [9.17, 15) is 5.11 Å². The summed E-state index contributed by atoms with van der Waals surface area (Å²) >= 11 is 0. The van der Waals surface area contributed by atoms with Crippen LogP contribution < -0.4 is 0 Å². The van der Waals surface area contributed by atoms with Crippen LogP contribution in [0.3, 0.4) is 0 Å². The lowest BCUT2D eigenvalue weighted by molar-refractivity contribution is 0.00419. The number of methoxy groups -OCH3 is 1. The molecule has 2 heterocycles. The summed E-state index contributed by atoms with van der Waals surface area (Å²) in [4.78, 5) is 4.58. The maximum absolute atomic E-state index is 10.7. The predicted octanol–water partition coefficient (Wildman–Crippen LogP) is 2.98. The Balaban J connectivity index is 1.61. The number of aliphatic hydroxyl groups is 1. The maximum atomic E-state index is 10.7. The average molecular weight is 444 g/mol. The molecule has 1 saturated heterocycles. The first kappa shape index (κ1) is 24.9. The fourth-order valence-corrected chi connectivity index (χ4v) is 4.18.